The van der Waals surface area contributed by atoms with E-state index in [1.54, 1.807) is 0 Å². The maximum Gasteiger partial charge on any atom is 0.0125 e. The zero-order valence-corrected chi connectivity index (χ0v) is 13.0. The van der Waals surface area contributed by atoms with E-state index in [1.165, 1.54) is 45.2 Å². The van der Waals surface area contributed by atoms with Gasteiger partial charge in [0.1, 0.15) is 0 Å². The monoisotopic (exact) mass is 239 g/mol. The minimum atomic E-state index is 0.405. The van der Waals surface area contributed by atoms with Crippen LogP contribution in [0.5, 0.6) is 0 Å². The maximum atomic E-state index is 2.64. The number of rotatable bonds is 0. The summed E-state index contributed by atoms with van der Waals surface area (Å²) in [4.78, 5) is 2.64. The van der Waals surface area contributed by atoms with Crippen molar-refractivity contribution in [3.8, 4) is 0 Å². The number of nitrogens with zero attached hydrogens (tertiary/aromatic N) is 1. The van der Waals surface area contributed by atoms with Gasteiger partial charge in [-0.3, -0.25) is 4.90 Å². The van der Waals surface area contributed by atoms with E-state index in [0.29, 0.717) is 5.54 Å². The van der Waals surface area contributed by atoms with Gasteiger partial charge >= 0.3 is 0 Å². The largest absolute Gasteiger partial charge is 0.297 e. The Labute approximate surface area is 109 Å². The molecule has 1 saturated carbocycles. The molecule has 0 aromatic heterocycles. The molecule has 1 spiro atoms. The Balaban J connectivity index is 0.000000317. The number of hydrogen-bond acceptors (Lipinski definition) is 1. The summed E-state index contributed by atoms with van der Waals surface area (Å²) in [6.45, 7) is 16.3. The molecule has 2 rings (SSSR count). The van der Waals surface area contributed by atoms with Gasteiger partial charge in [0.05, 0.1) is 0 Å². The van der Waals surface area contributed by atoms with Gasteiger partial charge in [0.15, 0.2) is 0 Å². The Bertz CT molecular complexity index is 207. The van der Waals surface area contributed by atoms with Crippen molar-refractivity contribution in [1.29, 1.82) is 0 Å². The SMILES string of the molecule is CC(C)(C)N1CC2(CCCCC2)C1.CC(C)C. The van der Waals surface area contributed by atoms with Crippen molar-refractivity contribution in [2.75, 3.05) is 13.1 Å². The van der Waals surface area contributed by atoms with Gasteiger partial charge in [-0.15, -0.1) is 0 Å². The summed E-state index contributed by atoms with van der Waals surface area (Å²) >= 11 is 0. The fraction of sp³-hybridized carbons (Fsp3) is 1.00. The predicted octanol–water partition coefficient (Wildman–Crippen LogP) is 4.71. The van der Waals surface area contributed by atoms with Crippen molar-refractivity contribution >= 4 is 0 Å². The summed E-state index contributed by atoms with van der Waals surface area (Å²) in [7, 11) is 0. The van der Waals surface area contributed by atoms with Crippen molar-refractivity contribution in [3.05, 3.63) is 0 Å². The summed E-state index contributed by atoms with van der Waals surface area (Å²) in [6.07, 6.45) is 7.45. The first-order valence-corrected chi connectivity index (χ1v) is 7.50. The topological polar surface area (TPSA) is 3.24 Å². The molecular weight excluding hydrogens is 206 g/mol. The first-order valence-electron chi connectivity index (χ1n) is 7.50. The van der Waals surface area contributed by atoms with Crippen LogP contribution in [0.3, 0.4) is 0 Å². The molecule has 0 N–H and O–H groups in total. The van der Waals surface area contributed by atoms with Crippen molar-refractivity contribution in [3.63, 3.8) is 0 Å². The quantitative estimate of drug-likeness (QED) is 0.591. The van der Waals surface area contributed by atoms with E-state index in [-0.39, 0.29) is 0 Å². The molecule has 1 aliphatic carbocycles. The molecule has 0 amide bonds. The third-order valence-electron chi connectivity index (χ3n) is 3.92. The van der Waals surface area contributed by atoms with Crippen molar-refractivity contribution < 1.29 is 0 Å². The van der Waals surface area contributed by atoms with Gasteiger partial charge in [-0.05, 0) is 44.9 Å². The standard InChI is InChI=1S/C12H23N.C4H10/c1-11(2,3)13-9-12(10-13)7-5-4-6-8-12;1-4(2)3/h4-10H2,1-3H3;4H,1-3H3. The minimum Gasteiger partial charge on any atom is -0.297 e. The van der Waals surface area contributed by atoms with Gasteiger partial charge in [-0.1, -0.05) is 40.0 Å². The minimum absolute atomic E-state index is 0.405. The second-order valence-electron chi connectivity index (χ2n) is 7.82. The van der Waals surface area contributed by atoms with Crippen LogP contribution < -0.4 is 0 Å². The van der Waals surface area contributed by atoms with Gasteiger partial charge in [0.25, 0.3) is 0 Å². The fourth-order valence-electron chi connectivity index (χ4n) is 2.86. The molecule has 102 valence electrons. The Morgan fingerprint density at radius 3 is 1.65 bits per heavy atom. The summed E-state index contributed by atoms with van der Waals surface area (Å²) in [5.41, 5.74) is 1.16. The zero-order chi connectivity index (χ0) is 13.1. The van der Waals surface area contributed by atoms with E-state index in [0.717, 1.165) is 11.3 Å². The van der Waals surface area contributed by atoms with Crippen LogP contribution in [0.2, 0.25) is 0 Å². The normalized spacial score (nSPS) is 24.2. The highest BCUT2D eigenvalue weighted by atomic mass is 15.3. The lowest BCUT2D eigenvalue weighted by Gasteiger charge is -2.57. The molecule has 2 aliphatic rings. The predicted molar refractivity (Wildman–Crippen MR) is 77.4 cm³/mol. The highest BCUT2D eigenvalue weighted by Crippen LogP contribution is 2.45. The average molecular weight is 239 g/mol. The Morgan fingerprint density at radius 2 is 1.29 bits per heavy atom. The number of likely N-dealkylation sites (tertiary alicyclic amines) is 1. The highest BCUT2D eigenvalue weighted by molar-refractivity contribution is 5.00. The van der Waals surface area contributed by atoms with E-state index >= 15 is 0 Å². The third-order valence-corrected chi connectivity index (χ3v) is 3.92. The molecule has 1 heterocycles. The van der Waals surface area contributed by atoms with Crippen LogP contribution in [0, 0.1) is 11.3 Å². The second kappa shape index (κ2) is 5.73. The van der Waals surface area contributed by atoms with Gasteiger partial charge in [-0.25, -0.2) is 0 Å². The average Bonchev–Trinajstić information content (AvgIpc) is 2.13. The molecule has 0 aromatic carbocycles. The van der Waals surface area contributed by atoms with Gasteiger partial charge in [0.2, 0.25) is 0 Å². The first-order chi connectivity index (χ1) is 7.75. The van der Waals surface area contributed by atoms with E-state index in [9.17, 15) is 0 Å². The van der Waals surface area contributed by atoms with E-state index in [4.69, 9.17) is 0 Å². The first kappa shape index (κ1) is 15.0. The summed E-state index contributed by atoms with van der Waals surface area (Å²) < 4.78 is 0. The fourth-order valence-corrected chi connectivity index (χ4v) is 2.86. The molecule has 1 saturated heterocycles. The molecule has 1 nitrogen and oxygen atoms in total. The Hall–Kier alpha value is -0.0400. The lowest BCUT2D eigenvalue weighted by Crippen LogP contribution is -2.63. The van der Waals surface area contributed by atoms with Crippen LogP contribution in [0.4, 0.5) is 0 Å². The molecule has 1 heteroatoms. The van der Waals surface area contributed by atoms with E-state index in [2.05, 4.69) is 46.4 Å². The smallest absolute Gasteiger partial charge is 0.0125 e. The van der Waals surface area contributed by atoms with Crippen molar-refractivity contribution in [1.82, 2.24) is 4.90 Å². The summed E-state index contributed by atoms with van der Waals surface area (Å²) in [5.74, 6) is 0.833. The van der Waals surface area contributed by atoms with Crippen LogP contribution in [0.1, 0.15) is 73.6 Å². The molecule has 0 radical (unpaired) electrons. The van der Waals surface area contributed by atoms with E-state index < -0.39 is 0 Å². The molecule has 0 bridgehead atoms. The third kappa shape index (κ3) is 4.62. The van der Waals surface area contributed by atoms with Crippen LogP contribution in [0.15, 0.2) is 0 Å². The molecule has 0 unspecified atom stereocenters. The lowest BCUT2D eigenvalue weighted by atomic mass is 9.67. The highest BCUT2D eigenvalue weighted by Gasteiger charge is 2.46. The van der Waals surface area contributed by atoms with Gasteiger partial charge in [0, 0.05) is 18.6 Å². The lowest BCUT2D eigenvalue weighted by molar-refractivity contribution is -0.0784. The molecule has 17 heavy (non-hydrogen) atoms. The molecule has 1 aliphatic heterocycles. The van der Waals surface area contributed by atoms with Gasteiger partial charge in [-0.2, -0.15) is 0 Å². The molecule has 0 aromatic rings. The Morgan fingerprint density at radius 1 is 0.882 bits per heavy atom. The molecular formula is C16H33N. The van der Waals surface area contributed by atoms with Gasteiger partial charge < -0.3 is 0 Å². The second-order valence-corrected chi connectivity index (χ2v) is 7.82. The maximum absolute atomic E-state index is 2.64. The summed E-state index contributed by atoms with van der Waals surface area (Å²) in [5, 5.41) is 0. The van der Waals surface area contributed by atoms with Crippen LogP contribution in [-0.2, 0) is 0 Å². The van der Waals surface area contributed by atoms with Crippen molar-refractivity contribution in [2.24, 2.45) is 11.3 Å². The Kier molecular flexibility index (Phi) is 5.07. The van der Waals surface area contributed by atoms with Crippen LogP contribution in [-0.4, -0.2) is 23.5 Å². The molecule has 2 fully saturated rings. The number of hydrogen-bond donors (Lipinski definition) is 0. The molecule has 0 atom stereocenters. The van der Waals surface area contributed by atoms with Crippen LogP contribution >= 0.6 is 0 Å². The summed E-state index contributed by atoms with van der Waals surface area (Å²) in [6, 6.07) is 0. The van der Waals surface area contributed by atoms with Crippen LogP contribution in [0.25, 0.3) is 0 Å². The zero-order valence-electron chi connectivity index (χ0n) is 13.0. The van der Waals surface area contributed by atoms with E-state index in [1.807, 2.05) is 0 Å². The van der Waals surface area contributed by atoms with Crippen molar-refractivity contribution in [2.45, 2.75) is 79.2 Å².